The Bertz CT molecular complexity index is 1180. The zero-order valence-corrected chi connectivity index (χ0v) is 18.7. The molecule has 3 aromatic rings. The van der Waals surface area contributed by atoms with Crippen molar-refractivity contribution in [2.24, 2.45) is 0 Å². The van der Waals surface area contributed by atoms with Gasteiger partial charge in [0.05, 0.1) is 12.0 Å². The highest BCUT2D eigenvalue weighted by atomic mass is 32.2. The molecular weight excluding hydrogens is 446 g/mol. The van der Waals surface area contributed by atoms with Gasteiger partial charge in [0.2, 0.25) is 0 Å². The molecule has 0 saturated carbocycles. The Labute approximate surface area is 194 Å². The predicted molar refractivity (Wildman–Crippen MR) is 127 cm³/mol. The van der Waals surface area contributed by atoms with Crippen molar-refractivity contribution in [1.82, 2.24) is 4.90 Å². The van der Waals surface area contributed by atoms with Crippen LogP contribution in [0.25, 0.3) is 17.4 Å². The van der Waals surface area contributed by atoms with Crippen LogP contribution < -0.4 is 4.74 Å². The number of carbonyl (C=O) groups excluding carboxylic acids is 1. The van der Waals surface area contributed by atoms with E-state index in [4.69, 9.17) is 21.4 Å². The van der Waals surface area contributed by atoms with Gasteiger partial charge in [0.25, 0.3) is 5.91 Å². The summed E-state index contributed by atoms with van der Waals surface area (Å²) in [6.07, 6.45) is 1.76. The summed E-state index contributed by atoms with van der Waals surface area (Å²) in [6.45, 7) is 0. The van der Waals surface area contributed by atoms with Gasteiger partial charge in [0, 0.05) is 18.1 Å². The molecule has 1 N–H and O–H groups in total. The Morgan fingerprint density at radius 2 is 1.88 bits per heavy atom. The minimum Gasteiger partial charge on any atom is -0.497 e. The fourth-order valence-corrected chi connectivity index (χ4v) is 4.68. The van der Waals surface area contributed by atoms with E-state index in [2.05, 4.69) is 0 Å². The van der Waals surface area contributed by atoms with Gasteiger partial charge in [-0.2, -0.15) is 0 Å². The van der Waals surface area contributed by atoms with E-state index < -0.39 is 17.9 Å². The number of amides is 1. The van der Waals surface area contributed by atoms with Crippen LogP contribution in [0.3, 0.4) is 0 Å². The van der Waals surface area contributed by atoms with Crippen LogP contribution in [0, 0.1) is 0 Å². The predicted octanol–water partition coefficient (Wildman–Crippen LogP) is 4.85. The maximum Gasteiger partial charge on any atom is 0.327 e. The first-order valence-electron chi connectivity index (χ1n) is 9.74. The van der Waals surface area contributed by atoms with E-state index in [1.807, 2.05) is 60.7 Å². The number of benzene rings is 2. The lowest BCUT2D eigenvalue weighted by molar-refractivity contribution is -0.145. The molecule has 0 aliphatic carbocycles. The highest BCUT2D eigenvalue weighted by molar-refractivity contribution is 8.26. The smallest absolute Gasteiger partial charge is 0.327 e. The number of carboxylic acids is 1. The summed E-state index contributed by atoms with van der Waals surface area (Å²) in [4.78, 5) is 26.5. The second-order valence-corrected chi connectivity index (χ2v) is 8.70. The number of thioether (sulfide) groups is 1. The van der Waals surface area contributed by atoms with Crippen LogP contribution in [0.4, 0.5) is 0 Å². The quantitative estimate of drug-likeness (QED) is 0.395. The first-order valence-corrected chi connectivity index (χ1v) is 11.0. The second kappa shape index (κ2) is 9.42. The molecule has 0 radical (unpaired) electrons. The molecule has 0 bridgehead atoms. The first kappa shape index (κ1) is 21.9. The second-order valence-electron chi connectivity index (χ2n) is 7.03. The third-order valence-electron chi connectivity index (χ3n) is 4.97. The Morgan fingerprint density at radius 1 is 1.16 bits per heavy atom. The molecular formula is C24H19NO5S2. The lowest BCUT2D eigenvalue weighted by Crippen LogP contribution is -2.45. The molecule has 1 aliphatic rings. The zero-order chi connectivity index (χ0) is 22.7. The molecule has 2 heterocycles. The summed E-state index contributed by atoms with van der Waals surface area (Å²) in [5.41, 5.74) is 1.68. The Morgan fingerprint density at radius 3 is 2.53 bits per heavy atom. The van der Waals surface area contributed by atoms with Gasteiger partial charge in [-0.25, -0.2) is 4.79 Å². The SMILES string of the molecule is COc1ccc(-c2ccc(/C=C3/SC(=S)N([C@H](Cc4ccccc4)C(=O)O)C3=O)o2)cc1. The number of rotatable bonds is 7. The lowest BCUT2D eigenvalue weighted by atomic mass is 10.0. The van der Waals surface area contributed by atoms with E-state index in [1.165, 1.54) is 4.90 Å². The fourth-order valence-electron chi connectivity index (χ4n) is 3.34. The first-order chi connectivity index (χ1) is 15.5. The highest BCUT2D eigenvalue weighted by Crippen LogP contribution is 2.35. The Kier molecular flexibility index (Phi) is 6.43. The molecule has 0 spiro atoms. The van der Waals surface area contributed by atoms with Crippen molar-refractivity contribution >= 4 is 46.3 Å². The summed E-state index contributed by atoms with van der Waals surface area (Å²) < 4.78 is 11.2. The third-order valence-corrected chi connectivity index (χ3v) is 6.30. The van der Waals surface area contributed by atoms with Crippen molar-refractivity contribution in [1.29, 1.82) is 0 Å². The molecule has 32 heavy (non-hydrogen) atoms. The van der Waals surface area contributed by atoms with Crippen LogP contribution in [0.1, 0.15) is 11.3 Å². The van der Waals surface area contributed by atoms with E-state index in [0.29, 0.717) is 16.4 Å². The molecule has 1 atom stereocenters. The largest absolute Gasteiger partial charge is 0.497 e. The van der Waals surface area contributed by atoms with E-state index in [-0.39, 0.29) is 10.7 Å². The van der Waals surface area contributed by atoms with Gasteiger partial charge in [-0.15, -0.1) is 0 Å². The van der Waals surface area contributed by atoms with Crippen molar-refractivity contribution < 1.29 is 23.8 Å². The molecule has 162 valence electrons. The number of carboxylic acid groups (broad SMARTS) is 1. The van der Waals surface area contributed by atoms with Crippen LogP contribution in [0.15, 0.2) is 76.1 Å². The zero-order valence-electron chi connectivity index (χ0n) is 17.1. The van der Waals surface area contributed by atoms with Crippen LogP contribution in [-0.4, -0.2) is 39.4 Å². The van der Waals surface area contributed by atoms with Gasteiger partial charge in [-0.3, -0.25) is 9.69 Å². The average molecular weight is 466 g/mol. The minimum atomic E-state index is -1.11. The number of nitrogens with zero attached hydrogens (tertiary/aromatic N) is 1. The molecule has 0 unspecified atom stereocenters. The fraction of sp³-hybridized carbons (Fsp3) is 0.125. The molecule has 1 fully saturated rings. The van der Waals surface area contributed by atoms with Crippen LogP contribution in [-0.2, 0) is 16.0 Å². The Balaban J connectivity index is 1.55. The molecule has 6 nitrogen and oxygen atoms in total. The standard InChI is InChI=1S/C24H19NO5S2/c1-29-17-9-7-16(8-10-17)20-12-11-18(30-20)14-21-22(26)25(24(31)32-21)19(23(27)28)13-15-5-3-2-4-6-15/h2-12,14,19H,13H2,1H3,(H,27,28)/b21-14+/t19-/m1/s1. The normalized spacial score (nSPS) is 15.9. The number of hydrogen-bond acceptors (Lipinski definition) is 6. The van der Waals surface area contributed by atoms with E-state index in [9.17, 15) is 14.7 Å². The summed E-state index contributed by atoms with van der Waals surface area (Å²) >= 11 is 6.42. The van der Waals surface area contributed by atoms with Crippen molar-refractivity contribution in [3.05, 3.63) is 83.0 Å². The number of methoxy groups -OCH3 is 1. The monoisotopic (exact) mass is 465 g/mol. The van der Waals surface area contributed by atoms with Crippen LogP contribution in [0.5, 0.6) is 5.75 Å². The number of aliphatic carboxylic acids is 1. The molecule has 4 rings (SSSR count). The van der Waals surface area contributed by atoms with Gasteiger partial charge in [0.1, 0.15) is 27.6 Å². The van der Waals surface area contributed by atoms with E-state index in [1.54, 1.807) is 19.3 Å². The minimum absolute atomic E-state index is 0.165. The number of ether oxygens (including phenoxy) is 1. The van der Waals surface area contributed by atoms with Gasteiger partial charge >= 0.3 is 5.97 Å². The molecule has 1 saturated heterocycles. The average Bonchev–Trinajstić information content (AvgIpc) is 3.37. The lowest BCUT2D eigenvalue weighted by Gasteiger charge is -2.23. The number of thiocarbonyl (C=S) groups is 1. The molecule has 1 aromatic heterocycles. The third kappa shape index (κ3) is 4.61. The summed E-state index contributed by atoms with van der Waals surface area (Å²) in [5, 5.41) is 9.76. The summed E-state index contributed by atoms with van der Waals surface area (Å²) in [5.74, 6) is 0.317. The number of carbonyl (C=O) groups is 2. The van der Waals surface area contributed by atoms with Crippen molar-refractivity contribution in [3.8, 4) is 17.1 Å². The van der Waals surface area contributed by atoms with E-state index in [0.717, 1.165) is 28.6 Å². The van der Waals surface area contributed by atoms with Crippen molar-refractivity contribution in [2.45, 2.75) is 12.5 Å². The topological polar surface area (TPSA) is 80.0 Å². The van der Waals surface area contributed by atoms with Crippen molar-refractivity contribution in [3.63, 3.8) is 0 Å². The summed E-state index contributed by atoms with van der Waals surface area (Å²) in [6, 6.07) is 19.1. The van der Waals surface area contributed by atoms with Crippen LogP contribution in [0.2, 0.25) is 0 Å². The van der Waals surface area contributed by atoms with Gasteiger partial charge < -0.3 is 14.3 Å². The highest BCUT2D eigenvalue weighted by Gasteiger charge is 2.40. The van der Waals surface area contributed by atoms with Gasteiger partial charge in [-0.1, -0.05) is 54.3 Å². The number of furan rings is 1. The number of hydrogen-bond donors (Lipinski definition) is 1. The maximum atomic E-state index is 13.0. The van der Waals surface area contributed by atoms with E-state index >= 15 is 0 Å². The van der Waals surface area contributed by atoms with Crippen molar-refractivity contribution in [2.75, 3.05) is 7.11 Å². The summed E-state index contributed by atoms with van der Waals surface area (Å²) in [7, 11) is 1.60. The maximum absolute atomic E-state index is 13.0. The van der Waals surface area contributed by atoms with Crippen LogP contribution >= 0.6 is 24.0 Å². The molecule has 2 aromatic carbocycles. The van der Waals surface area contributed by atoms with Gasteiger partial charge in [-0.05, 0) is 42.0 Å². The molecule has 1 aliphatic heterocycles. The molecule has 8 heteroatoms. The molecule has 1 amide bonds. The Hall–Kier alpha value is -3.36. The van der Waals surface area contributed by atoms with Gasteiger partial charge in [0.15, 0.2) is 0 Å².